The van der Waals surface area contributed by atoms with E-state index >= 15 is 0 Å². The standard InChI is InChI=1S/C15H22N2O5S/c1-9-6-16-10(23-9)15(21)7-17(8-15)13(2,3)12(20)22-14(4,5)11(18)19/h6,21H,7-8H2,1-5H3,(H,18,19). The molecule has 0 radical (unpaired) electrons. The minimum Gasteiger partial charge on any atom is -0.478 e. The number of carbonyl (C=O) groups excluding carboxylic acids is 1. The summed E-state index contributed by atoms with van der Waals surface area (Å²) in [5, 5.41) is 20.3. The molecule has 23 heavy (non-hydrogen) atoms. The van der Waals surface area contributed by atoms with E-state index in [0.29, 0.717) is 5.01 Å². The van der Waals surface area contributed by atoms with Crippen LogP contribution in [0.15, 0.2) is 6.20 Å². The fourth-order valence-corrected chi connectivity index (χ4v) is 3.05. The molecule has 0 aromatic carbocycles. The monoisotopic (exact) mass is 342 g/mol. The van der Waals surface area contributed by atoms with Crippen LogP contribution in [0.4, 0.5) is 0 Å². The second kappa shape index (κ2) is 5.54. The van der Waals surface area contributed by atoms with Crippen LogP contribution in [0.5, 0.6) is 0 Å². The molecule has 1 saturated heterocycles. The lowest BCUT2D eigenvalue weighted by atomic mass is 9.87. The van der Waals surface area contributed by atoms with Gasteiger partial charge in [0.2, 0.25) is 5.60 Å². The maximum Gasteiger partial charge on any atom is 0.347 e. The summed E-state index contributed by atoms with van der Waals surface area (Å²) >= 11 is 1.42. The highest BCUT2D eigenvalue weighted by atomic mass is 32.1. The van der Waals surface area contributed by atoms with Crippen LogP contribution in [0.1, 0.15) is 37.6 Å². The van der Waals surface area contributed by atoms with Gasteiger partial charge in [-0.3, -0.25) is 9.69 Å². The van der Waals surface area contributed by atoms with Crippen molar-refractivity contribution in [2.75, 3.05) is 13.1 Å². The third kappa shape index (κ3) is 3.24. The summed E-state index contributed by atoms with van der Waals surface area (Å²) in [5.74, 6) is -1.85. The van der Waals surface area contributed by atoms with Crippen LogP contribution in [-0.2, 0) is 19.9 Å². The molecular formula is C15H22N2O5S. The molecule has 2 N–H and O–H groups in total. The molecule has 1 aliphatic rings. The molecule has 7 nitrogen and oxygen atoms in total. The predicted molar refractivity (Wildman–Crippen MR) is 84.2 cm³/mol. The Labute approximate surface area is 138 Å². The minimum atomic E-state index is -1.60. The zero-order valence-electron chi connectivity index (χ0n) is 13.9. The molecule has 8 heteroatoms. The molecule has 0 spiro atoms. The smallest absolute Gasteiger partial charge is 0.347 e. The average Bonchev–Trinajstić information content (AvgIpc) is 2.81. The molecule has 2 heterocycles. The van der Waals surface area contributed by atoms with Crippen LogP contribution in [0.2, 0.25) is 0 Å². The Kier molecular flexibility index (Phi) is 4.29. The number of aliphatic carboxylic acids is 1. The number of hydrogen-bond acceptors (Lipinski definition) is 7. The molecular weight excluding hydrogens is 320 g/mol. The molecule has 0 amide bonds. The van der Waals surface area contributed by atoms with E-state index in [1.165, 1.54) is 25.2 Å². The SMILES string of the molecule is Cc1cnc(C2(O)CN(C(C)(C)C(=O)OC(C)(C)C(=O)O)C2)s1. The topological polar surface area (TPSA) is 100.0 Å². The summed E-state index contributed by atoms with van der Waals surface area (Å²) in [6.07, 6.45) is 1.70. The molecule has 1 aromatic heterocycles. The van der Waals surface area contributed by atoms with E-state index in [1.54, 1.807) is 24.9 Å². The van der Waals surface area contributed by atoms with Gasteiger partial charge in [0.1, 0.15) is 16.1 Å². The first-order valence-electron chi connectivity index (χ1n) is 7.26. The highest BCUT2D eigenvalue weighted by molar-refractivity contribution is 7.11. The number of nitrogens with zero attached hydrogens (tertiary/aromatic N) is 2. The molecule has 1 aromatic rings. The van der Waals surface area contributed by atoms with Crippen LogP contribution in [-0.4, -0.2) is 56.3 Å². The van der Waals surface area contributed by atoms with Crippen molar-refractivity contribution in [3.8, 4) is 0 Å². The van der Waals surface area contributed by atoms with Crippen molar-refractivity contribution in [1.82, 2.24) is 9.88 Å². The number of β-amino-alcohol motifs (C(OH)–C–C–N with tert-alkyl or cyclic N) is 1. The number of carboxylic acids is 1. The zero-order chi connectivity index (χ0) is 17.6. The maximum atomic E-state index is 12.3. The normalized spacial score (nSPS) is 18.3. The minimum absolute atomic E-state index is 0.246. The van der Waals surface area contributed by atoms with Gasteiger partial charge in [0, 0.05) is 24.2 Å². The van der Waals surface area contributed by atoms with Crippen molar-refractivity contribution in [2.24, 2.45) is 0 Å². The molecule has 1 fully saturated rings. The van der Waals surface area contributed by atoms with Gasteiger partial charge in [-0.1, -0.05) is 0 Å². The second-order valence-electron chi connectivity index (χ2n) is 6.93. The molecule has 0 unspecified atom stereocenters. The molecule has 1 aliphatic heterocycles. The first kappa shape index (κ1) is 17.8. The Balaban J connectivity index is 2.05. The van der Waals surface area contributed by atoms with Gasteiger partial charge in [-0.2, -0.15) is 0 Å². The third-order valence-electron chi connectivity index (χ3n) is 4.08. The van der Waals surface area contributed by atoms with Crippen LogP contribution in [0, 0.1) is 6.92 Å². The number of ether oxygens (including phenoxy) is 1. The molecule has 0 saturated carbocycles. The number of hydrogen-bond donors (Lipinski definition) is 2. The Morgan fingerprint density at radius 2 is 1.91 bits per heavy atom. The van der Waals surface area contributed by atoms with Gasteiger partial charge in [-0.15, -0.1) is 11.3 Å². The first-order valence-corrected chi connectivity index (χ1v) is 8.07. The number of aromatic nitrogens is 1. The van der Waals surface area contributed by atoms with E-state index in [0.717, 1.165) is 4.88 Å². The number of likely N-dealkylation sites (tertiary alicyclic amines) is 1. The number of thiazole rings is 1. The third-order valence-corrected chi connectivity index (χ3v) is 5.18. The van der Waals surface area contributed by atoms with E-state index in [9.17, 15) is 14.7 Å². The van der Waals surface area contributed by atoms with E-state index < -0.39 is 28.7 Å². The van der Waals surface area contributed by atoms with Gasteiger partial charge < -0.3 is 14.9 Å². The Bertz CT molecular complexity index is 632. The van der Waals surface area contributed by atoms with Gasteiger partial charge in [-0.05, 0) is 34.6 Å². The van der Waals surface area contributed by atoms with Crippen molar-refractivity contribution in [2.45, 2.75) is 51.4 Å². The lowest BCUT2D eigenvalue weighted by Gasteiger charge is -2.51. The summed E-state index contributed by atoms with van der Waals surface area (Å²) in [5.41, 5.74) is -3.70. The molecule has 0 atom stereocenters. The summed E-state index contributed by atoms with van der Waals surface area (Å²) in [7, 11) is 0. The maximum absolute atomic E-state index is 12.3. The molecule has 2 rings (SSSR count). The van der Waals surface area contributed by atoms with Crippen molar-refractivity contribution < 1.29 is 24.5 Å². The van der Waals surface area contributed by atoms with E-state index in [-0.39, 0.29) is 13.1 Å². The molecule has 0 bridgehead atoms. The molecule has 0 aliphatic carbocycles. The molecule has 128 valence electrons. The van der Waals surface area contributed by atoms with Gasteiger partial charge in [0.05, 0.1) is 0 Å². The first-order chi connectivity index (χ1) is 10.4. The lowest BCUT2D eigenvalue weighted by Crippen LogP contribution is -2.68. The quantitative estimate of drug-likeness (QED) is 0.774. The van der Waals surface area contributed by atoms with Crippen LogP contribution in [0.25, 0.3) is 0 Å². The van der Waals surface area contributed by atoms with Gasteiger partial charge >= 0.3 is 11.9 Å². The van der Waals surface area contributed by atoms with E-state index in [4.69, 9.17) is 9.84 Å². The van der Waals surface area contributed by atoms with Crippen LogP contribution < -0.4 is 0 Å². The number of esters is 1. The van der Waals surface area contributed by atoms with E-state index in [2.05, 4.69) is 4.98 Å². The largest absolute Gasteiger partial charge is 0.478 e. The Hall–Kier alpha value is -1.51. The fourth-order valence-electron chi connectivity index (χ4n) is 2.21. The number of aliphatic hydroxyl groups is 1. The number of carboxylic acid groups (broad SMARTS) is 1. The van der Waals surface area contributed by atoms with Gasteiger partial charge in [0.25, 0.3) is 0 Å². The predicted octanol–water partition coefficient (Wildman–Crippen LogP) is 1.14. The van der Waals surface area contributed by atoms with Gasteiger partial charge in [-0.25, -0.2) is 9.78 Å². The summed E-state index contributed by atoms with van der Waals surface area (Å²) < 4.78 is 5.12. The highest BCUT2D eigenvalue weighted by Crippen LogP contribution is 2.38. The van der Waals surface area contributed by atoms with Crippen molar-refractivity contribution in [1.29, 1.82) is 0 Å². The van der Waals surface area contributed by atoms with Crippen molar-refractivity contribution in [3.63, 3.8) is 0 Å². The second-order valence-corrected chi connectivity index (χ2v) is 8.16. The lowest BCUT2D eigenvalue weighted by molar-refractivity contribution is -0.195. The fraction of sp³-hybridized carbons (Fsp3) is 0.667. The highest BCUT2D eigenvalue weighted by Gasteiger charge is 2.53. The Morgan fingerprint density at radius 1 is 1.35 bits per heavy atom. The van der Waals surface area contributed by atoms with Gasteiger partial charge in [0.15, 0.2) is 0 Å². The van der Waals surface area contributed by atoms with Crippen LogP contribution in [0.3, 0.4) is 0 Å². The average molecular weight is 342 g/mol. The van der Waals surface area contributed by atoms with Crippen molar-refractivity contribution in [3.05, 3.63) is 16.1 Å². The number of aryl methyl sites for hydroxylation is 1. The van der Waals surface area contributed by atoms with Crippen molar-refractivity contribution >= 4 is 23.3 Å². The van der Waals surface area contributed by atoms with E-state index in [1.807, 2.05) is 6.92 Å². The number of rotatable bonds is 5. The summed E-state index contributed by atoms with van der Waals surface area (Å²) in [6.45, 7) is 8.36. The number of carbonyl (C=O) groups is 2. The summed E-state index contributed by atoms with van der Waals surface area (Å²) in [4.78, 5) is 30.4. The van der Waals surface area contributed by atoms with Crippen LogP contribution >= 0.6 is 11.3 Å². The zero-order valence-corrected chi connectivity index (χ0v) is 14.7. The summed E-state index contributed by atoms with van der Waals surface area (Å²) in [6, 6.07) is 0. The Morgan fingerprint density at radius 3 is 2.35 bits per heavy atom.